The number of aromatic nitrogens is 1. The molecule has 1 N–H and O–H groups in total. The van der Waals surface area contributed by atoms with Crippen LogP contribution in [0.2, 0.25) is 5.15 Å². The van der Waals surface area contributed by atoms with Gasteiger partial charge < -0.3 is 9.47 Å². The van der Waals surface area contributed by atoms with Crippen molar-refractivity contribution in [2.45, 2.75) is 4.90 Å². The maximum absolute atomic E-state index is 12.3. The number of rotatable bonds is 5. The smallest absolute Gasteiger partial charge is 0.265 e. The highest BCUT2D eigenvalue weighted by molar-refractivity contribution is 7.92. The van der Waals surface area contributed by atoms with E-state index in [-0.39, 0.29) is 15.7 Å². The van der Waals surface area contributed by atoms with Gasteiger partial charge >= 0.3 is 0 Å². The molecule has 0 atom stereocenters. The second-order valence-corrected chi connectivity index (χ2v) is 5.97. The number of nitrogens with one attached hydrogen (secondary N) is 1. The van der Waals surface area contributed by atoms with Crippen LogP contribution >= 0.6 is 11.6 Å². The van der Waals surface area contributed by atoms with Crippen LogP contribution in [0.1, 0.15) is 0 Å². The summed E-state index contributed by atoms with van der Waals surface area (Å²) in [5.41, 5.74) is 0.276. The first-order valence-electron chi connectivity index (χ1n) is 5.83. The summed E-state index contributed by atoms with van der Waals surface area (Å²) in [7, 11) is -0.919. The second-order valence-electron chi connectivity index (χ2n) is 3.96. The Bertz CT molecular complexity index is 750. The van der Waals surface area contributed by atoms with Gasteiger partial charge in [0.05, 0.1) is 19.9 Å². The molecule has 8 heteroatoms. The first-order chi connectivity index (χ1) is 9.97. The number of hydrogen-bond donors (Lipinski definition) is 1. The van der Waals surface area contributed by atoms with Gasteiger partial charge in [-0.2, -0.15) is 0 Å². The number of anilines is 1. The lowest BCUT2D eigenvalue weighted by molar-refractivity contribution is 0.395. The highest BCUT2D eigenvalue weighted by Gasteiger charge is 2.20. The zero-order valence-corrected chi connectivity index (χ0v) is 12.9. The molecule has 21 heavy (non-hydrogen) atoms. The Kier molecular flexibility index (Phi) is 4.54. The number of benzene rings is 1. The molecule has 1 aromatic carbocycles. The molecule has 0 aliphatic heterocycles. The van der Waals surface area contributed by atoms with Gasteiger partial charge in [0.25, 0.3) is 10.0 Å². The highest BCUT2D eigenvalue weighted by atomic mass is 35.5. The minimum atomic E-state index is -3.86. The fourth-order valence-corrected chi connectivity index (χ4v) is 3.18. The molecule has 0 unspecified atom stereocenters. The van der Waals surface area contributed by atoms with Gasteiger partial charge in [0.15, 0.2) is 0 Å². The minimum Gasteiger partial charge on any atom is -0.497 e. The Morgan fingerprint density at radius 1 is 1.19 bits per heavy atom. The minimum absolute atomic E-state index is 0.0996. The molecule has 0 aliphatic rings. The van der Waals surface area contributed by atoms with E-state index in [2.05, 4.69) is 9.71 Å². The lowest BCUT2D eigenvalue weighted by Gasteiger charge is -2.13. The first-order valence-corrected chi connectivity index (χ1v) is 7.69. The standard InChI is InChI=1S/C13H13ClN2O4S/c1-19-9-5-6-10(11(8-9)20-2)16-21(17,18)12-4-3-7-15-13(12)14/h3-8,16H,1-2H3. The van der Waals surface area contributed by atoms with Crippen LogP contribution in [0.5, 0.6) is 11.5 Å². The molecule has 6 nitrogen and oxygen atoms in total. The zero-order valence-electron chi connectivity index (χ0n) is 11.3. The lowest BCUT2D eigenvalue weighted by atomic mass is 10.3. The molecule has 0 saturated carbocycles. The van der Waals surface area contributed by atoms with Crippen LogP contribution in [0.3, 0.4) is 0 Å². The molecule has 0 fully saturated rings. The lowest BCUT2D eigenvalue weighted by Crippen LogP contribution is -2.14. The van der Waals surface area contributed by atoms with Crippen molar-refractivity contribution in [3.05, 3.63) is 41.7 Å². The van der Waals surface area contributed by atoms with Gasteiger partial charge in [-0.1, -0.05) is 11.6 Å². The highest BCUT2D eigenvalue weighted by Crippen LogP contribution is 2.31. The molecule has 2 rings (SSSR count). The van der Waals surface area contributed by atoms with E-state index in [9.17, 15) is 8.42 Å². The number of hydrogen-bond acceptors (Lipinski definition) is 5. The van der Waals surface area contributed by atoms with Gasteiger partial charge in [0, 0.05) is 12.3 Å². The van der Waals surface area contributed by atoms with E-state index in [0.29, 0.717) is 11.5 Å². The number of pyridine rings is 1. The van der Waals surface area contributed by atoms with Gasteiger partial charge in [0.2, 0.25) is 0 Å². The average molecular weight is 329 g/mol. The summed E-state index contributed by atoms with van der Waals surface area (Å²) in [6, 6.07) is 7.59. The van der Waals surface area contributed by atoms with Crippen molar-refractivity contribution >= 4 is 27.3 Å². The fourth-order valence-electron chi connectivity index (χ4n) is 1.65. The molecule has 0 amide bonds. The molecule has 1 heterocycles. The molecule has 1 aromatic heterocycles. The van der Waals surface area contributed by atoms with Gasteiger partial charge in [-0.05, 0) is 24.3 Å². The third-order valence-corrected chi connectivity index (χ3v) is 4.48. The van der Waals surface area contributed by atoms with Crippen molar-refractivity contribution in [3.8, 4) is 11.5 Å². The van der Waals surface area contributed by atoms with E-state index in [4.69, 9.17) is 21.1 Å². The monoisotopic (exact) mass is 328 g/mol. The molecule has 0 saturated heterocycles. The first kappa shape index (κ1) is 15.4. The van der Waals surface area contributed by atoms with Crippen molar-refractivity contribution in [1.82, 2.24) is 4.98 Å². The largest absolute Gasteiger partial charge is 0.497 e. The predicted molar refractivity (Wildman–Crippen MR) is 79.6 cm³/mol. The van der Waals surface area contributed by atoms with Crippen molar-refractivity contribution < 1.29 is 17.9 Å². The number of nitrogens with zero attached hydrogens (tertiary/aromatic N) is 1. The molecular weight excluding hydrogens is 316 g/mol. The molecule has 0 radical (unpaired) electrons. The van der Waals surface area contributed by atoms with E-state index in [1.54, 1.807) is 18.2 Å². The predicted octanol–water partition coefficient (Wildman–Crippen LogP) is 2.55. The maximum atomic E-state index is 12.3. The molecule has 2 aromatic rings. The number of methoxy groups -OCH3 is 2. The van der Waals surface area contributed by atoms with Crippen LogP contribution in [0.25, 0.3) is 0 Å². The van der Waals surface area contributed by atoms with Crippen LogP contribution in [0.4, 0.5) is 5.69 Å². The quantitative estimate of drug-likeness (QED) is 0.853. The summed E-state index contributed by atoms with van der Waals surface area (Å²) in [5.74, 6) is 0.882. The summed E-state index contributed by atoms with van der Waals surface area (Å²) in [6.07, 6.45) is 1.41. The third kappa shape index (κ3) is 3.37. The Morgan fingerprint density at radius 3 is 2.57 bits per heavy atom. The summed E-state index contributed by atoms with van der Waals surface area (Å²) >= 11 is 5.81. The SMILES string of the molecule is COc1ccc(NS(=O)(=O)c2cccnc2Cl)c(OC)c1. The Labute approximate surface area is 127 Å². The van der Waals surface area contributed by atoms with E-state index in [1.807, 2.05) is 0 Å². The Balaban J connectivity index is 2.40. The second kappa shape index (κ2) is 6.19. The van der Waals surface area contributed by atoms with E-state index in [1.165, 1.54) is 32.5 Å². The molecular formula is C13H13ClN2O4S. The van der Waals surface area contributed by atoms with Crippen LogP contribution in [-0.2, 0) is 10.0 Å². The average Bonchev–Trinajstić information content (AvgIpc) is 2.47. The number of ether oxygens (including phenoxy) is 2. The van der Waals surface area contributed by atoms with Crippen molar-refractivity contribution in [3.63, 3.8) is 0 Å². The number of sulfonamides is 1. The van der Waals surface area contributed by atoms with Crippen LogP contribution < -0.4 is 14.2 Å². The van der Waals surface area contributed by atoms with Gasteiger partial charge in [0.1, 0.15) is 21.5 Å². The summed E-state index contributed by atoms with van der Waals surface area (Å²) < 4.78 is 37.3. The Hall–Kier alpha value is -1.99. The van der Waals surface area contributed by atoms with Crippen molar-refractivity contribution in [1.29, 1.82) is 0 Å². The van der Waals surface area contributed by atoms with E-state index >= 15 is 0 Å². The Morgan fingerprint density at radius 2 is 1.95 bits per heavy atom. The van der Waals surface area contributed by atoms with Gasteiger partial charge in [-0.15, -0.1) is 0 Å². The normalized spacial score (nSPS) is 11.0. The van der Waals surface area contributed by atoms with Crippen LogP contribution in [-0.4, -0.2) is 27.6 Å². The zero-order chi connectivity index (χ0) is 15.5. The summed E-state index contributed by atoms with van der Waals surface area (Å²) in [4.78, 5) is 3.65. The van der Waals surface area contributed by atoms with Crippen LogP contribution in [0, 0.1) is 0 Å². The van der Waals surface area contributed by atoms with E-state index in [0.717, 1.165) is 0 Å². The van der Waals surface area contributed by atoms with Gasteiger partial charge in [-0.3, -0.25) is 4.72 Å². The van der Waals surface area contributed by atoms with E-state index < -0.39 is 10.0 Å². The maximum Gasteiger partial charge on any atom is 0.265 e. The summed E-state index contributed by atoms with van der Waals surface area (Å²) in [6.45, 7) is 0. The van der Waals surface area contributed by atoms with Crippen molar-refractivity contribution in [2.75, 3.05) is 18.9 Å². The molecule has 0 aliphatic carbocycles. The summed E-state index contributed by atoms with van der Waals surface area (Å²) in [5, 5.41) is -0.0996. The molecule has 0 spiro atoms. The number of halogens is 1. The fraction of sp³-hybridized carbons (Fsp3) is 0.154. The van der Waals surface area contributed by atoms with Gasteiger partial charge in [-0.25, -0.2) is 13.4 Å². The topological polar surface area (TPSA) is 77.5 Å². The third-order valence-electron chi connectivity index (χ3n) is 2.67. The van der Waals surface area contributed by atoms with Crippen LogP contribution in [0.15, 0.2) is 41.4 Å². The molecule has 0 bridgehead atoms. The molecule has 112 valence electrons. The van der Waals surface area contributed by atoms with Crippen molar-refractivity contribution in [2.24, 2.45) is 0 Å².